The number of halogens is 2. The molecule has 1 saturated heterocycles. The summed E-state index contributed by atoms with van der Waals surface area (Å²) in [4.78, 5) is 13.8. The number of rotatable bonds is 3. The zero-order chi connectivity index (χ0) is 14.5. The maximum Gasteiger partial charge on any atom is 0.246 e. The number of hydrogen-bond donors (Lipinski definition) is 0. The first-order valence-corrected chi connectivity index (χ1v) is 7.34. The van der Waals surface area contributed by atoms with Crippen molar-refractivity contribution in [2.24, 2.45) is 0 Å². The average molecular weight is 342 g/mol. The molecule has 1 fully saturated rings. The molecule has 2 rings (SSSR count). The molecule has 1 aromatic rings. The molecule has 1 aromatic carbocycles. The van der Waals surface area contributed by atoms with Gasteiger partial charge < -0.3 is 9.64 Å². The second-order valence-corrected chi connectivity index (χ2v) is 5.68. The fraction of sp³-hybridized carbons (Fsp3) is 0.400. The maximum absolute atomic E-state index is 13.5. The van der Waals surface area contributed by atoms with Crippen molar-refractivity contribution in [1.29, 1.82) is 0 Å². The molecule has 0 atom stereocenters. The van der Waals surface area contributed by atoms with E-state index in [1.807, 2.05) is 0 Å². The molecule has 1 heterocycles. The van der Waals surface area contributed by atoms with Crippen LogP contribution in [-0.4, -0.2) is 37.1 Å². The minimum atomic E-state index is -0.338. The van der Waals surface area contributed by atoms with Gasteiger partial charge >= 0.3 is 0 Å². The summed E-state index contributed by atoms with van der Waals surface area (Å²) < 4.78 is 19.6. The molecule has 20 heavy (non-hydrogen) atoms. The highest BCUT2D eigenvalue weighted by atomic mass is 79.9. The number of nitrogens with zero attached hydrogens (tertiary/aromatic N) is 1. The number of likely N-dealkylation sites (tertiary alicyclic amines) is 1. The first-order chi connectivity index (χ1) is 9.60. The molecule has 1 amide bonds. The predicted octanol–water partition coefficient (Wildman–Crippen LogP) is 3.24. The summed E-state index contributed by atoms with van der Waals surface area (Å²) in [5, 5.41) is 0. The zero-order valence-corrected chi connectivity index (χ0v) is 12.9. The fourth-order valence-corrected chi connectivity index (χ4v) is 2.60. The fourth-order valence-electron chi connectivity index (χ4n) is 2.22. The van der Waals surface area contributed by atoms with Crippen molar-refractivity contribution in [1.82, 2.24) is 4.90 Å². The highest BCUT2D eigenvalue weighted by molar-refractivity contribution is 9.10. The van der Waals surface area contributed by atoms with Gasteiger partial charge in [-0.1, -0.05) is 15.9 Å². The topological polar surface area (TPSA) is 29.5 Å². The minimum Gasteiger partial charge on any atom is -0.381 e. The van der Waals surface area contributed by atoms with Gasteiger partial charge in [0.1, 0.15) is 5.82 Å². The van der Waals surface area contributed by atoms with Crippen LogP contribution < -0.4 is 0 Å². The van der Waals surface area contributed by atoms with Gasteiger partial charge in [0.2, 0.25) is 5.91 Å². The molecule has 0 bridgehead atoms. The minimum absolute atomic E-state index is 0.0843. The lowest BCUT2D eigenvalue weighted by Gasteiger charge is -2.30. The lowest BCUT2D eigenvalue weighted by Crippen LogP contribution is -2.39. The Balaban J connectivity index is 1.97. The highest BCUT2D eigenvalue weighted by Gasteiger charge is 2.20. The second-order valence-electron chi connectivity index (χ2n) is 4.76. The Labute approximate surface area is 126 Å². The van der Waals surface area contributed by atoms with E-state index in [0.717, 1.165) is 17.3 Å². The van der Waals surface area contributed by atoms with Gasteiger partial charge in [-0.15, -0.1) is 0 Å². The van der Waals surface area contributed by atoms with Crippen LogP contribution >= 0.6 is 15.9 Å². The molecule has 1 aliphatic rings. The van der Waals surface area contributed by atoms with E-state index in [1.54, 1.807) is 24.1 Å². The second kappa shape index (κ2) is 6.99. The molecule has 0 aliphatic carbocycles. The predicted molar refractivity (Wildman–Crippen MR) is 79.7 cm³/mol. The third-order valence-electron chi connectivity index (χ3n) is 3.45. The largest absolute Gasteiger partial charge is 0.381 e. The van der Waals surface area contributed by atoms with Crippen molar-refractivity contribution in [3.05, 3.63) is 40.1 Å². The van der Waals surface area contributed by atoms with Crippen LogP contribution in [0.2, 0.25) is 0 Å². The number of ether oxygens (including phenoxy) is 1. The molecule has 0 unspecified atom stereocenters. The van der Waals surface area contributed by atoms with Gasteiger partial charge in [0.25, 0.3) is 0 Å². The normalized spacial score (nSPS) is 16.9. The van der Waals surface area contributed by atoms with E-state index in [-0.39, 0.29) is 17.8 Å². The lowest BCUT2D eigenvalue weighted by atomic mass is 10.1. The Kier molecular flexibility index (Phi) is 5.31. The number of methoxy groups -OCH3 is 1. The summed E-state index contributed by atoms with van der Waals surface area (Å²) in [7, 11) is 1.69. The lowest BCUT2D eigenvalue weighted by molar-refractivity contribution is -0.128. The van der Waals surface area contributed by atoms with Gasteiger partial charge in [-0.2, -0.15) is 0 Å². The van der Waals surface area contributed by atoms with Gasteiger partial charge in [0.05, 0.1) is 6.10 Å². The van der Waals surface area contributed by atoms with Crippen LogP contribution in [0.15, 0.2) is 28.7 Å². The number of benzene rings is 1. The summed E-state index contributed by atoms with van der Waals surface area (Å²) >= 11 is 3.28. The van der Waals surface area contributed by atoms with Gasteiger partial charge in [-0.05, 0) is 37.1 Å². The number of carbonyl (C=O) groups is 1. The van der Waals surface area contributed by atoms with Crippen molar-refractivity contribution >= 4 is 27.9 Å². The Morgan fingerprint density at radius 2 is 2.15 bits per heavy atom. The van der Waals surface area contributed by atoms with Crippen LogP contribution in [0.5, 0.6) is 0 Å². The smallest absolute Gasteiger partial charge is 0.246 e. The van der Waals surface area contributed by atoms with E-state index in [9.17, 15) is 9.18 Å². The number of piperidine rings is 1. The van der Waals surface area contributed by atoms with Crippen molar-refractivity contribution < 1.29 is 13.9 Å². The Hall–Kier alpha value is -1.20. The molecule has 0 N–H and O–H groups in total. The first-order valence-electron chi connectivity index (χ1n) is 6.55. The number of amides is 1. The third-order valence-corrected chi connectivity index (χ3v) is 3.94. The monoisotopic (exact) mass is 341 g/mol. The summed E-state index contributed by atoms with van der Waals surface area (Å²) in [5.41, 5.74) is 0.402. The van der Waals surface area contributed by atoms with Crippen LogP contribution in [0.25, 0.3) is 6.08 Å². The Morgan fingerprint density at radius 1 is 1.45 bits per heavy atom. The molecule has 5 heteroatoms. The van der Waals surface area contributed by atoms with Gasteiger partial charge in [0.15, 0.2) is 0 Å². The molecule has 0 radical (unpaired) electrons. The summed E-state index contributed by atoms with van der Waals surface area (Å²) in [6, 6.07) is 4.65. The molecule has 0 saturated carbocycles. The van der Waals surface area contributed by atoms with Crippen LogP contribution in [0.3, 0.4) is 0 Å². The van der Waals surface area contributed by atoms with Gasteiger partial charge in [-0.3, -0.25) is 4.79 Å². The van der Waals surface area contributed by atoms with E-state index < -0.39 is 0 Å². The first kappa shape index (κ1) is 15.2. The van der Waals surface area contributed by atoms with Crippen LogP contribution in [0.1, 0.15) is 18.4 Å². The molecule has 108 valence electrons. The van der Waals surface area contributed by atoms with Crippen LogP contribution in [0, 0.1) is 5.82 Å². The van der Waals surface area contributed by atoms with E-state index in [4.69, 9.17) is 4.74 Å². The Morgan fingerprint density at radius 3 is 2.80 bits per heavy atom. The molecule has 0 spiro atoms. The zero-order valence-electron chi connectivity index (χ0n) is 11.3. The highest BCUT2D eigenvalue weighted by Crippen LogP contribution is 2.17. The standard InChI is InChI=1S/C15H17BrFNO2/c1-20-13-6-8-18(9-7-13)15(19)5-2-11-10-12(16)3-4-14(11)17/h2-5,10,13H,6-9H2,1H3/b5-2+. The van der Waals surface area contributed by atoms with Crippen LogP contribution in [-0.2, 0) is 9.53 Å². The molecular formula is C15H17BrFNO2. The summed E-state index contributed by atoms with van der Waals surface area (Å²) in [6.45, 7) is 1.37. The molecule has 0 aromatic heterocycles. The SMILES string of the molecule is COC1CCN(C(=O)/C=C/c2cc(Br)ccc2F)CC1. The summed E-state index contributed by atoms with van der Waals surface area (Å²) in [5.74, 6) is -0.422. The molecule has 3 nitrogen and oxygen atoms in total. The summed E-state index contributed by atoms with van der Waals surface area (Å²) in [6.07, 6.45) is 4.89. The molecule has 1 aliphatic heterocycles. The quantitative estimate of drug-likeness (QED) is 0.790. The third kappa shape index (κ3) is 3.90. The van der Waals surface area contributed by atoms with Crippen molar-refractivity contribution in [2.75, 3.05) is 20.2 Å². The van der Waals surface area contributed by atoms with E-state index in [1.165, 1.54) is 18.2 Å². The number of carbonyl (C=O) groups excluding carboxylic acids is 1. The van der Waals surface area contributed by atoms with Crippen molar-refractivity contribution in [3.8, 4) is 0 Å². The molecular weight excluding hydrogens is 325 g/mol. The average Bonchev–Trinajstić information content (AvgIpc) is 2.48. The van der Waals surface area contributed by atoms with Crippen molar-refractivity contribution in [3.63, 3.8) is 0 Å². The Bertz CT molecular complexity index is 511. The van der Waals surface area contributed by atoms with Gasteiger partial charge in [-0.25, -0.2) is 4.39 Å². The van der Waals surface area contributed by atoms with E-state index in [2.05, 4.69) is 15.9 Å². The van der Waals surface area contributed by atoms with E-state index >= 15 is 0 Å². The van der Waals surface area contributed by atoms with Gasteiger partial charge in [0, 0.05) is 36.3 Å². The van der Waals surface area contributed by atoms with Crippen LogP contribution in [0.4, 0.5) is 4.39 Å². The number of hydrogen-bond acceptors (Lipinski definition) is 2. The maximum atomic E-state index is 13.5. The van der Waals surface area contributed by atoms with E-state index in [0.29, 0.717) is 18.7 Å². The van der Waals surface area contributed by atoms with Crippen molar-refractivity contribution in [2.45, 2.75) is 18.9 Å².